The van der Waals surface area contributed by atoms with Gasteiger partial charge in [-0.05, 0) is 49.7 Å². The van der Waals surface area contributed by atoms with Crippen LogP contribution in [0.5, 0.6) is 0 Å². The molecule has 0 saturated heterocycles. The molecule has 0 heterocycles. The SMILES string of the molecule is CNC(c1cc(F)cc(F)c1)c1cc(C)ccc1C. The van der Waals surface area contributed by atoms with E-state index >= 15 is 0 Å². The third-order valence-corrected chi connectivity index (χ3v) is 3.25. The zero-order valence-corrected chi connectivity index (χ0v) is 11.3. The summed E-state index contributed by atoms with van der Waals surface area (Å²) in [6.07, 6.45) is 0. The molecule has 0 bridgehead atoms. The monoisotopic (exact) mass is 261 g/mol. The number of halogens is 2. The molecule has 100 valence electrons. The van der Waals surface area contributed by atoms with E-state index in [1.807, 2.05) is 32.0 Å². The minimum absolute atomic E-state index is 0.218. The highest BCUT2D eigenvalue weighted by atomic mass is 19.1. The summed E-state index contributed by atoms with van der Waals surface area (Å²) in [5.41, 5.74) is 3.84. The van der Waals surface area contributed by atoms with Crippen LogP contribution in [0.4, 0.5) is 8.78 Å². The molecule has 2 rings (SSSR count). The van der Waals surface area contributed by atoms with Gasteiger partial charge in [0.15, 0.2) is 0 Å². The van der Waals surface area contributed by atoms with E-state index in [2.05, 4.69) is 5.32 Å². The van der Waals surface area contributed by atoms with E-state index in [-0.39, 0.29) is 6.04 Å². The van der Waals surface area contributed by atoms with Crippen LogP contribution in [0.15, 0.2) is 36.4 Å². The molecule has 0 aliphatic heterocycles. The summed E-state index contributed by atoms with van der Waals surface area (Å²) in [6.45, 7) is 4.00. The first-order valence-corrected chi connectivity index (χ1v) is 6.21. The maximum absolute atomic E-state index is 13.4. The minimum Gasteiger partial charge on any atom is -0.309 e. The zero-order valence-electron chi connectivity index (χ0n) is 11.3. The Labute approximate surface area is 112 Å². The van der Waals surface area contributed by atoms with Crippen LogP contribution in [-0.4, -0.2) is 7.05 Å². The number of aryl methyl sites for hydroxylation is 2. The van der Waals surface area contributed by atoms with Gasteiger partial charge in [-0.15, -0.1) is 0 Å². The normalized spacial score (nSPS) is 12.5. The van der Waals surface area contributed by atoms with Crippen molar-refractivity contribution in [1.29, 1.82) is 0 Å². The van der Waals surface area contributed by atoms with E-state index in [4.69, 9.17) is 0 Å². The van der Waals surface area contributed by atoms with Crippen molar-refractivity contribution in [3.8, 4) is 0 Å². The van der Waals surface area contributed by atoms with Gasteiger partial charge in [0.2, 0.25) is 0 Å². The lowest BCUT2D eigenvalue weighted by atomic mass is 9.93. The molecule has 0 aliphatic carbocycles. The van der Waals surface area contributed by atoms with Crippen LogP contribution in [0, 0.1) is 25.5 Å². The van der Waals surface area contributed by atoms with Gasteiger partial charge in [0, 0.05) is 6.07 Å². The minimum atomic E-state index is -0.555. The highest BCUT2D eigenvalue weighted by molar-refractivity contribution is 5.39. The molecular weight excluding hydrogens is 244 g/mol. The van der Waals surface area contributed by atoms with Gasteiger partial charge in [-0.3, -0.25) is 0 Å². The van der Waals surface area contributed by atoms with Crippen LogP contribution in [0.25, 0.3) is 0 Å². The Morgan fingerprint density at radius 1 is 0.947 bits per heavy atom. The molecular formula is C16H17F2N. The largest absolute Gasteiger partial charge is 0.309 e. The third-order valence-electron chi connectivity index (χ3n) is 3.25. The number of hydrogen-bond acceptors (Lipinski definition) is 1. The molecule has 2 aromatic carbocycles. The van der Waals surface area contributed by atoms with Crippen LogP contribution in [0.1, 0.15) is 28.3 Å². The molecule has 1 nitrogen and oxygen atoms in total. The third kappa shape index (κ3) is 2.99. The quantitative estimate of drug-likeness (QED) is 0.883. The van der Waals surface area contributed by atoms with Gasteiger partial charge in [0.05, 0.1) is 6.04 Å². The van der Waals surface area contributed by atoms with Crippen LogP contribution in [0.2, 0.25) is 0 Å². The summed E-state index contributed by atoms with van der Waals surface area (Å²) >= 11 is 0. The van der Waals surface area contributed by atoms with Gasteiger partial charge >= 0.3 is 0 Å². The zero-order chi connectivity index (χ0) is 14.0. The fourth-order valence-electron chi connectivity index (χ4n) is 2.31. The number of hydrogen-bond donors (Lipinski definition) is 1. The van der Waals surface area contributed by atoms with E-state index < -0.39 is 11.6 Å². The molecule has 0 aromatic heterocycles. The van der Waals surface area contributed by atoms with Gasteiger partial charge < -0.3 is 5.32 Å². The van der Waals surface area contributed by atoms with Gasteiger partial charge in [-0.2, -0.15) is 0 Å². The highest BCUT2D eigenvalue weighted by Gasteiger charge is 2.16. The Morgan fingerprint density at radius 2 is 1.58 bits per heavy atom. The number of rotatable bonds is 3. The number of nitrogens with one attached hydrogen (secondary N) is 1. The van der Waals surface area contributed by atoms with Crippen LogP contribution >= 0.6 is 0 Å². The van der Waals surface area contributed by atoms with E-state index in [0.717, 1.165) is 22.8 Å². The molecule has 3 heteroatoms. The van der Waals surface area contributed by atoms with Crippen molar-refractivity contribution < 1.29 is 8.78 Å². The van der Waals surface area contributed by atoms with Gasteiger partial charge in [-0.1, -0.05) is 23.8 Å². The van der Waals surface area contributed by atoms with Crippen LogP contribution in [0.3, 0.4) is 0 Å². The lowest BCUT2D eigenvalue weighted by molar-refractivity contribution is 0.571. The summed E-state index contributed by atoms with van der Waals surface area (Å²) in [5, 5.41) is 3.12. The Kier molecular flexibility index (Phi) is 3.96. The molecule has 1 N–H and O–H groups in total. The average Bonchev–Trinajstić information content (AvgIpc) is 2.33. The standard InChI is InChI=1S/C16H17F2N/c1-10-4-5-11(2)15(6-10)16(19-3)12-7-13(17)9-14(18)8-12/h4-9,16,19H,1-3H3. The molecule has 2 aromatic rings. The average molecular weight is 261 g/mol. The second-order valence-corrected chi connectivity index (χ2v) is 4.78. The summed E-state index contributed by atoms with van der Waals surface area (Å²) in [4.78, 5) is 0. The summed E-state index contributed by atoms with van der Waals surface area (Å²) in [5.74, 6) is -1.11. The highest BCUT2D eigenvalue weighted by Crippen LogP contribution is 2.26. The van der Waals surface area contributed by atoms with Crippen molar-refractivity contribution in [3.63, 3.8) is 0 Å². The second kappa shape index (κ2) is 5.49. The fraction of sp³-hybridized carbons (Fsp3) is 0.250. The molecule has 0 spiro atoms. The topological polar surface area (TPSA) is 12.0 Å². The van der Waals surface area contributed by atoms with Gasteiger partial charge in [0.25, 0.3) is 0 Å². The van der Waals surface area contributed by atoms with Gasteiger partial charge in [-0.25, -0.2) is 8.78 Å². The van der Waals surface area contributed by atoms with E-state index in [1.165, 1.54) is 12.1 Å². The first-order chi connectivity index (χ1) is 9.01. The molecule has 0 aliphatic rings. The van der Waals surface area contributed by atoms with Gasteiger partial charge in [0.1, 0.15) is 11.6 Å². The first-order valence-electron chi connectivity index (χ1n) is 6.21. The Morgan fingerprint density at radius 3 is 2.16 bits per heavy atom. The molecule has 19 heavy (non-hydrogen) atoms. The van der Waals surface area contributed by atoms with Crippen LogP contribution < -0.4 is 5.32 Å². The predicted molar refractivity (Wildman–Crippen MR) is 73.2 cm³/mol. The van der Waals surface area contributed by atoms with Crippen molar-refractivity contribution in [2.75, 3.05) is 7.05 Å². The Hall–Kier alpha value is -1.74. The first kappa shape index (κ1) is 13.7. The van der Waals surface area contributed by atoms with Crippen molar-refractivity contribution >= 4 is 0 Å². The smallest absolute Gasteiger partial charge is 0.126 e. The predicted octanol–water partition coefficient (Wildman–Crippen LogP) is 3.89. The van der Waals surface area contributed by atoms with Crippen molar-refractivity contribution in [3.05, 3.63) is 70.3 Å². The van der Waals surface area contributed by atoms with E-state index in [1.54, 1.807) is 7.05 Å². The van der Waals surface area contributed by atoms with Crippen molar-refractivity contribution in [2.45, 2.75) is 19.9 Å². The molecule has 0 radical (unpaired) electrons. The summed E-state index contributed by atoms with van der Waals surface area (Å²) < 4.78 is 26.7. The molecule has 1 atom stereocenters. The Balaban J connectivity index is 2.52. The summed E-state index contributed by atoms with van der Waals surface area (Å²) in [6, 6.07) is 9.49. The molecule has 0 amide bonds. The lowest BCUT2D eigenvalue weighted by Gasteiger charge is -2.20. The van der Waals surface area contributed by atoms with Crippen LogP contribution in [-0.2, 0) is 0 Å². The Bertz CT molecular complexity index is 573. The lowest BCUT2D eigenvalue weighted by Crippen LogP contribution is -2.19. The number of benzene rings is 2. The summed E-state index contributed by atoms with van der Waals surface area (Å²) in [7, 11) is 1.79. The fourth-order valence-corrected chi connectivity index (χ4v) is 2.31. The van der Waals surface area contributed by atoms with Crippen molar-refractivity contribution in [2.24, 2.45) is 0 Å². The molecule has 1 unspecified atom stereocenters. The maximum Gasteiger partial charge on any atom is 0.126 e. The van der Waals surface area contributed by atoms with Crippen molar-refractivity contribution in [1.82, 2.24) is 5.32 Å². The molecule has 0 saturated carbocycles. The maximum atomic E-state index is 13.4. The second-order valence-electron chi connectivity index (χ2n) is 4.78. The van der Waals surface area contributed by atoms with E-state index in [0.29, 0.717) is 5.56 Å². The van der Waals surface area contributed by atoms with E-state index in [9.17, 15) is 8.78 Å². The molecule has 0 fully saturated rings.